The Balaban J connectivity index is 2.91. The van der Waals surface area contributed by atoms with Crippen LogP contribution in [0.3, 0.4) is 0 Å². The molecule has 4 N–H and O–H groups in total. The van der Waals surface area contributed by atoms with E-state index >= 15 is 0 Å². The fraction of sp³-hybridized carbons (Fsp3) is 0.600. The molecule has 0 aliphatic carbocycles. The third kappa shape index (κ3) is 3.85. The fourth-order valence-electron chi connectivity index (χ4n) is 1.49. The van der Waals surface area contributed by atoms with E-state index in [1.807, 2.05) is 0 Å². The average Bonchev–Trinajstić information content (AvgIpc) is 2.66. The number of aliphatic carboxylic acids is 1. The summed E-state index contributed by atoms with van der Waals surface area (Å²) in [5.41, 5.74) is 4.99. The monoisotopic (exact) mass is 287 g/mol. The van der Waals surface area contributed by atoms with Crippen LogP contribution >= 0.6 is 11.8 Å². The van der Waals surface area contributed by atoms with Crippen molar-refractivity contribution in [3.05, 3.63) is 0 Å². The number of nitrogens with two attached hydrogens (primary N) is 1. The third-order valence-corrected chi connectivity index (χ3v) is 3.42. The number of hydrogen-bond acceptors (Lipinski definition) is 6. The van der Waals surface area contributed by atoms with Gasteiger partial charge in [0.15, 0.2) is 5.16 Å². The van der Waals surface area contributed by atoms with Crippen molar-refractivity contribution < 1.29 is 14.7 Å². The predicted molar refractivity (Wildman–Crippen MR) is 70.6 cm³/mol. The summed E-state index contributed by atoms with van der Waals surface area (Å²) < 4.78 is 1.54. The van der Waals surface area contributed by atoms with Crippen molar-refractivity contribution in [1.82, 2.24) is 20.1 Å². The Hall–Kier alpha value is -1.77. The van der Waals surface area contributed by atoms with Gasteiger partial charge in [-0.15, -0.1) is 10.2 Å². The highest BCUT2D eigenvalue weighted by Crippen LogP contribution is 2.25. The predicted octanol–water partition coefficient (Wildman–Crippen LogP) is -0.191. The number of carbonyl (C=O) groups excluding carboxylic acids is 1. The Morgan fingerprint density at radius 2 is 2.11 bits per heavy atom. The van der Waals surface area contributed by atoms with Gasteiger partial charge in [-0.1, -0.05) is 11.8 Å². The second-order valence-corrected chi connectivity index (χ2v) is 5.51. The molecule has 9 heteroatoms. The number of hydrogen-bond donors (Lipinski definition) is 3. The maximum Gasteiger partial charge on any atom is 0.313 e. The molecule has 0 aromatic carbocycles. The first-order valence-electron chi connectivity index (χ1n) is 5.53. The zero-order valence-corrected chi connectivity index (χ0v) is 11.8. The topological polar surface area (TPSA) is 123 Å². The van der Waals surface area contributed by atoms with Crippen LogP contribution in [0.1, 0.15) is 13.8 Å². The first kappa shape index (κ1) is 15.3. The van der Waals surface area contributed by atoms with Crippen molar-refractivity contribution in [2.75, 3.05) is 18.5 Å². The summed E-state index contributed by atoms with van der Waals surface area (Å²) in [4.78, 5) is 22.3. The Morgan fingerprint density at radius 1 is 1.47 bits per heavy atom. The van der Waals surface area contributed by atoms with E-state index < -0.39 is 11.4 Å². The molecule has 0 atom stereocenters. The minimum Gasteiger partial charge on any atom is -0.481 e. The number of nitrogens with one attached hydrogen (secondary N) is 1. The molecule has 0 spiro atoms. The zero-order chi connectivity index (χ0) is 14.6. The summed E-state index contributed by atoms with van der Waals surface area (Å²) in [5.74, 6) is -1.08. The Labute approximate surface area is 114 Å². The van der Waals surface area contributed by atoms with Crippen LogP contribution < -0.4 is 11.1 Å². The van der Waals surface area contributed by atoms with Crippen molar-refractivity contribution in [1.29, 1.82) is 0 Å². The van der Waals surface area contributed by atoms with E-state index in [2.05, 4.69) is 15.5 Å². The van der Waals surface area contributed by atoms with Crippen LogP contribution in [0.2, 0.25) is 0 Å². The highest BCUT2D eigenvalue weighted by atomic mass is 32.2. The number of nitrogen functional groups attached to an aromatic ring is 1. The van der Waals surface area contributed by atoms with Gasteiger partial charge in [-0.3, -0.25) is 14.2 Å². The number of carboxylic acids is 1. The highest BCUT2D eigenvalue weighted by molar-refractivity contribution is 7.99. The van der Waals surface area contributed by atoms with Crippen LogP contribution in [0.4, 0.5) is 5.95 Å². The lowest BCUT2D eigenvalue weighted by Gasteiger charge is -2.23. The Kier molecular flexibility index (Phi) is 4.76. The number of amides is 1. The van der Waals surface area contributed by atoms with E-state index in [0.29, 0.717) is 5.16 Å². The second-order valence-electron chi connectivity index (χ2n) is 4.57. The molecule has 1 rings (SSSR count). The minimum absolute atomic E-state index is 0.140. The van der Waals surface area contributed by atoms with Crippen LogP contribution in [0.25, 0.3) is 0 Å². The maximum atomic E-state index is 11.7. The number of thioether (sulfide) groups is 1. The number of rotatable bonds is 6. The molecule has 0 aliphatic heterocycles. The van der Waals surface area contributed by atoms with E-state index in [0.717, 1.165) is 11.8 Å². The molecular formula is C10H17N5O3S. The molecule has 0 bridgehead atoms. The summed E-state index contributed by atoms with van der Waals surface area (Å²) in [6.45, 7) is 3.79. The molecule has 1 aromatic heterocycles. The largest absolute Gasteiger partial charge is 0.481 e. The lowest BCUT2D eigenvalue weighted by Crippen LogP contribution is -2.38. The van der Waals surface area contributed by atoms with Crippen LogP contribution in [0.5, 0.6) is 0 Å². The number of aromatic nitrogens is 3. The van der Waals surface area contributed by atoms with Gasteiger partial charge in [0.05, 0.1) is 11.2 Å². The number of carbonyl (C=O) groups is 2. The van der Waals surface area contributed by atoms with E-state index in [-0.39, 0.29) is 24.2 Å². The molecule has 0 saturated carbocycles. The van der Waals surface area contributed by atoms with Crippen molar-refractivity contribution in [2.45, 2.75) is 25.5 Å². The molecule has 0 radical (unpaired) electrons. The fourth-order valence-corrected chi connectivity index (χ4v) is 2.15. The summed E-state index contributed by atoms with van der Waals surface area (Å²) in [6.07, 6.45) is 0. The van der Waals surface area contributed by atoms with Crippen molar-refractivity contribution in [3.8, 4) is 0 Å². The van der Waals surface area contributed by atoms with Gasteiger partial charge in [0.2, 0.25) is 11.9 Å². The molecule has 19 heavy (non-hydrogen) atoms. The molecule has 1 amide bonds. The molecule has 0 unspecified atom stereocenters. The van der Waals surface area contributed by atoms with Gasteiger partial charge in [0.1, 0.15) is 0 Å². The van der Waals surface area contributed by atoms with Crippen LogP contribution in [0.15, 0.2) is 5.16 Å². The van der Waals surface area contributed by atoms with E-state index in [1.54, 1.807) is 25.5 Å². The van der Waals surface area contributed by atoms with Gasteiger partial charge in [-0.05, 0) is 13.8 Å². The molecule has 0 saturated heterocycles. The molecule has 1 heterocycles. The first-order valence-corrected chi connectivity index (χ1v) is 6.52. The molecule has 0 aliphatic rings. The van der Waals surface area contributed by atoms with E-state index in [4.69, 9.17) is 10.8 Å². The van der Waals surface area contributed by atoms with Gasteiger partial charge < -0.3 is 16.2 Å². The quantitative estimate of drug-likeness (QED) is 0.619. The highest BCUT2D eigenvalue weighted by Gasteiger charge is 2.29. The van der Waals surface area contributed by atoms with Crippen molar-refractivity contribution in [3.63, 3.8) is 0 Å². The molecule has 1 aromatic rings. The molecule has 0 fully saturated rings. The van der Waals surface area contributed by atoms with Gasteiger partial charge >= 0.3 is 5.97 Å². The van der Waals surface area contributed by atoms with E-state index in [1.165, 1.54) is 0 Å². The summed E-state index contributed by atoms with van der Waals surface area (Å²) in [7, 11) is 1.56. The minimum atomic E-state index is -0.955. The smallest absolute Gasteiger partial charge is 0.313 e. The van der Waals surface area contributed by atoms with Gasteiger partial charge in [-0.25, -0.2) is 0 Å². The van der Waals surface area contributed by atoms with Gasteiger partial charge in [-0.2, -0.15) is 0 Å². The molecular weight excluding hydrogens is 270 g/mol. The molecule has 8 nitrogen and oxygen atoms in total. The van der Waals surface area contributed by atoms with Crippen molar-refractivity contribution >= 4 is 29.6 Å². The normalized spacial score (nSPS) is 11.3. The number of carboxylic acid groups (broad SMARTS) is 1. The average molecular weight is 287 g/mol. The second kappa shape index (κ2) is 5.91. The lowest BCUT2D eigenvalue weighted by molar-refractivity contribution is -0.134. The van der Waals surface area contributed by atoms with E-state index in [9.17, 15) is 9.59 Å². The van der Waals surface area contributed by atoms with Crippen molar-refractivity contribution in [2.24, 2.45) is 5.41 Å². The standard InChI is InChI=1S/C10H17N5O3S/c1-10(2,7(18)12-3)5-15-8(11)13-14-9(15)19-4-6(16)17/h4-5H2,1-3H3,(H2,11,13)(H,12,18)(H,16,17). The van der Waals surface area contributed by atoms with Gasteiger partial charge in [0.25, 0.3) is 0 Å². The van der Waals surface area contributed by atoms with Crippen LogP contribution in [-0.2, 0) is 16.1 Å². The lowest BCUT2D eigenvalue weighted by atomic mass is 9.92. The Morgan fingerprint density at radius 3 is 2.63 bits per heavy atom. The summed E-state index contributed by atoms with van der Waals surface area (Å²) in [6, 6.07) is 0. The third-order valence-electron chi connectivity index (χ3n) is 2.47. The summed E-state index contributed by atoms with van der Waals surface area (Å²) >= 11 is 1.01. The zero-order valence-electron chi connectivity index (χ0n) is 11.0. The SMILES string of the molecule is CNC(=O)C(C)(C)Cn1c(N)nnc1SCC(=O)O. The number of nitrogens with zero attached hydrogens (tertiary/aromatic N) is 3. The maximum absolute atomic E-state index is 11.7. The van der Waals surface area contributed by atoms with Crippen LogP contribution in [-0.4, -0.2) is 44.5 Å². The van der Waals surface area contributed by atoms with Crippen LogP contribution in [0, 0.1) is 5.41 Å². The summed E-state index contributed by atoms with van der Waals surface area (Å²) in [5, 5.41) is 19.1. The number of anilines is 1. The Bertz CT molecular complexity index is 486. The first-order chi connectivity index (χ1) is 8.77. The van der Waals surface area contributed by atoms with Gasteiger partial charge in [0, 0.05) is 13.6 Å². The molecule has 106 valence electrons.